The number of rotatable bonds is 6. The lowest BCUT2D eigenvalue weighted by molar-refractivity contribution is 0.403. The SMILES string of the molecule is Nc1nc(NN=Cc2ccc(O)c(O)c2)cc(NN=Cc2ccc(O)c(O)c2)n1. The monoisotopic (exact) mass is 395 g/mol. The molecule has 2 aromatic carbocycles. The fourth-order valence-electron chi connectivity index (χ4n) is 2.17. The van der Waals surface area contributed by atoms with Crippen molar-refractivity contribution in [2.24, 2.45) is 10.2 Å². The molecule has 0 aliphatic rings. The number of anilines is 3. The van der Waals surface area contributed by atoms with Crippen molar-refractivity contribution in [2.45, 2.75) is 0 Å². The van der Waals surface area contributed by atoms with E-state index in [9.17, 15) is 20.4 Å². The molecule has 1 aromatic heterocycles. The zero-order chi connectivity index (χ0) is 20.8. The van der Waals surface area contributed by atoms with Crippen molar-refractivity contribution >= 4 is 30.0 Å². The molecule has 0 bridgehead atoms. The average molecular weight is 395 g/mol. The van der Waals surface area contributed by atoms with Crippen LogP contribution in [0, 0.1) is 0 Å². The molecular formula is C18H17N7O4. The van der Waals surface area contributed by atoms with Gasteiger partial charge in [-0.05, 0) is 47.5 Å². The third-order valence-corrected chi connectivity index (χ3v) is 3.53. The number of phenolic OH excluding ortho intramolecular Hbond substituents is 4. The van der Waals surface area contributed by atoms with Crippen LogP contribution in [0.2, 0.25) is 0 Å². The minimum Gasteiger partial charge on any atom is -0.504 e. The predicted octanol–water partition coefficient (Wildman–Crippen LogP) is 1.77. The summed E-state index contributed by atoms with van der Waals surface area (Å²) in [6.07, 6.45) is 2.83. The topological polar surface area (TPSA) is 182 Å². The van der Waals surface area contributed by atoms with Crippen LogP contribution in [-0.4, -0.2) is 42.8 Å². The molecule has 0 saturated heterocycles. The van der Waals surface area contributed by atoms with Crippen LogP contribution in [-0.2, 0) is 0 Å². The van der Waals surface area contributed by atoms with Gasteiger partial charge in [-0.3, -0.25) is 10.9 Å². The van der Waals surface area contributed by atoms with E-state index in [1.165, 1.54) is 42.8 Å². The van der Waals surface area contributed by atoms with E-state index in [2.05, 4.69) is 31.0 Å². The quantitative estimate of drug-likeness (QED) is 0.186. The molecule has 0 aliphatic heterocycles. The summed E-state index contributed by atoms with van der Waals surface area (Å²) in [6, 6.07) is 10.0. The molecule has 0 unspecified atom stereocenters. The van der Waals surface area contributed by atoms with Crippen molar-refractivity contribution in [1.82, 2.24) is 9.97 Å². The Morgan fingerprint density at radius 2 is 1.14 bits per heavy atom. The summed E-state index contributed by atoms with van der Waals surface area (Å²) >= 11 is 0. The lowest BCUT2D eigenvalue weighted by atomic mass is 10.2. The summed E-state index contributed by atoms with van der Waals surface area (Å²) in [4.78, 5) is 7.97. The Hall–Kier alpha value is -4.54. The number of aromatic hydroxyl groups is 4. The number of nitrogens with zero attached hydrogens (tertiary/aromatic N) is 4. The Labute approximate surface area is 164 Å². The molecule has 3 aromatic rings. The fourth-order valence-corrected chi connectivity index (χ4v) is 2.17. The summed E-state index contributed by atoms with van der Waals surface area (Å²) in [5.41, 5.74) is 12.1. The van der Waals surface area contributed by atoms with Crippen molar-refractivity contribution in [1.29, 1.82) is 0 Å². The zero-order valence-electron chi connectivity index (χ0n) is 14.9. The molecule has 148 valence electrons. The Morgan fingerprint density at radius 3 is 1.55 bits per heavy atom. The molecule has 0 fully saturated rings. The first kappa shape index (κ1) is 19.2. The molecule has 0 radical (unpaired) electrons. The van der Waals surface area contributed by atoms with E-state index in [1.807, 2.05) is 0 Å². The number of nitrogen functional groups attached to an aromatic ring is 1. The maximum atomic E-state index is 9.47. The molecule has 11 heteroatoms. The first-order chi connectivity index (χ1) is 13.9. The second kappa shape index (κ2) is 8.43. The van der Waals surface area contributed by atoms with Gasteiger partial charge in [-0.1, -0.05) is 0 Å². The fraction of sp³-hybridized carbons (Fsp3) is 0. The van der Waals surface area contributed by atoms with Crippen molar-refractivity contribution in [3.05, 3.63) is 53.6 Å². The van der Waals surface area contributed by atoms with E-state index < -0.39 is 0 Å². The van der Waals surface area contributed by atoms with Gasteiger partial charge in [-0.15, -0.1) is 0 Å². The molecular weight excluding hydrogens is 378 g/mol. The van der Waals surface area contributed by atoms with Gasteiger partial charge in [0.15, 0.2) is 34.6 Å². The zero-order valence-corrected chi connectivity index (χ0v) is 14.9. The smallest absolute Gasteiger partial charge is 0.224 e. The molecule has 1 heterocycles. The summed E-state index contributed by atoms with van der Waals surface area (Å²) in [5, 5.41) is 45.5. The van der Waals surface area contributed by atoms with Gasteiger partial charge in [0.05, 0.1) is 12.4 Å². The molecule has 0 amide bonds. The third-order valence-electron chi connectivity index (χ3n) is 3.53. The molecule has 3 rings (SSSR count). The molecule has 0 spiro atoms. The Bertz CT molecular complexity index is 1000. The second-order valence-corrected chi connectivity index (χ2v) is 5.73. The van der Waals surface area contributed by atoms with Crippen LogP contribution in [0.4, 0.5) is 17.6 Å². The molecule has 8 N–H and O–H groups in total. The summed E-state index contributed by atoms with van der Waals surface area (Å²) in [6.45, 7) is 0. The van der Waals surface area contributed by atoms with E-state index in [1.54, 1.807) is 12.1 Å². The third kappa shape index (κ3) is 5.23. The number of hydrogen-bond acceptors (Lipinski definition) is 11. The second-order valence-electron chi connectivity index (χ2n) is 5.73. The van der Waals surface area contributed by atoms with E-state index in [4.69, 9.17) is 5.73 Å². The van der Waals surface area contributed by atoms with Gasteiger partial charge in [0.1, 0.15) is 0 Å². The summed E-state index contributed by atoms with van der Waals surface area (Å²) < 4.78 is 0. The number of aromatic nitrogens is 2. The maximum absolute atomic E-state index is 9.47. The van der Waals surface area contributed by atoms with E-state index in [0.717, 1.165) is 0 Å². The van der Waals surface area contributed by atoms with Crippen LogP contribution in [0.1, 0.15) is 11.1 Å². The van der Waals surface area contributed by atoms with Crippen molar-refractivity contribution in [3.8, 4) is 23.0 Å². The lowest BCUT2D eigenvalue weighted by Crippen LogP contribution is -2.03. The van der Waals surface area contributed by atoms with Gasteiger partial charge in [0.25, 0.3) is 0 Å². The molecule has 0 atom stereocenters. The van der Waals surface area contributed by atoms with Gasteiger partial charge in [-0.2, -0.15) is 20.2 Å². The minimum absolute atomic E-state index is 0.0209. The molecule has 11 nitrogen and oxygen atoms in total. The van der Waals surface area contributed by atoms with Crippen molar-refractivity contribution in [2.75, 3.05) is 16.6 Å². The van der Waals surface area contributed by atoms with Crippen LogP contribution >= 0.6 is 0 Å². The first-order valence-corrected chi connectivity index (χ1v) is 8.17. The van der Waals surface area contributed by atoms with Crippen molar-refractivity contribution < 1.29 is 20.4 Å². The number of hydrazone groups is 2. The first-order valence-electron chi connectivity index (χ1n) is 8.17. The normalized spacial score (nSPS) is 11.2. The van der Waals surface area contributed by atoms with E-state index in [-0.39, 0.29) is 40.6 Å². The van der Waals surface area contributed by atoms with E-state index in [0.29, 0.717) is 11.1 Å². The number of benzene rings is 2. The van der Waals surface area contributed by atoms with Gasteiger partial charge >= 0.3 is 0 Å². The standard InChI is InChI=1S/C18H17N7O4/c19-18-22-16(24-20-8-10-1-3-12(26)14(28)5-10)7-17(23-18)25-21-9-11-2-4-13(27)15(29)6-11/h1-9,26-29H,(H4,19,22,23,24,25). The number of hydrogen-bond donors (Lipinski definition) is 7. The largest absolute Gasteiger partial charge is 0.504 e. The predicted molar refractivity (Wildman–Crippen MR) is 108 cm³/mol. The Kier molecular flexibility index (Phi) is 5.59. The highest BCUT2D eigenvalue weighted by molar-refractivity contribution is 5.82. The number of nitrogens with two attached hydrogens (primary N) is 1. The van der Waals surface area contributed by atoms with Crippen LogP contribution in [0.25, 0.3) is 0 Å². The van der Waals surface area contributed by atoms with Crippen molar-refractivity contribution in [3.63, 3.8) is 0 Å². The van der Waals surface area contributed by atoms with Gasteiger partial charge in [-0.25, -0.2) is 0 Å². The molecule has 0 aliphatic carbocycles. The lowest BCUT2D eigenvalue weighted by Gasteiger charge is -2.05. The summed E-state index contributed by atoms with van der Waals surface area (Å²) in [5.74, 6) is -0.408. The van der Waals surface area contributed by atoms with Crippen LogP contribution < -0.4 is 16.6 Å². The van der Waals surface area contributed by atoms with Gasteiger partial charge in [0.2, 0.25) is 5.95 Å². The van der Waals surface area contributed by atoms with Gasteiger partial charge in [0, 0.05) is 6.07 Å². The Morgan fingerprint density at radius 1 is 0.690 bits per heavy atom. The minimum atomic E-state index is -0.258. The maximum Gasteiger partial charge on any atom is 0.224 e. The molecule has 29 heavy (non-hydrogen) atoms. The highest BCUT2D eigenvalue weighted by atomic mass is 16.3. The Balaban J connectivity index is 1.65. The van der Waals surface area contributed by atoms with E-state index >= 15 is 0 Å². The highest BCUT2D eigenvalue weighted by Crippen LogP contribution is 2.25. The molecule has 0 saturated carbocycles. The number of phenols is 4. The summed E-state index contributed by atoms with van der Waals surface area (Å²) in [7, 11) is 0. The number of nitrogens with one attached hydrogen (secondary N) is 2. The average Bonchev–Trinajstić information content (AvgIpc) is 2.67. The van der Waals surface area contributed by atoms with Crippen LogP contribution in [0.15, 0.2) is 52.7 Å². The highest BCUT2D eigenvalue weighted by Gasteiger charge is 2.02. The van der Waals surface area contributed by atoms with Gasteiger partial charge < -0.3 is 26.2 Å². The van der Waals surface area contributed by atoms with Crippen LogP contribution in [0.5, 0.6) is 23.0 Å². The van der Waals surface area contributed by atoms with Crippen LogP contribution in [0.3, 0.4) is 0 Å².